The van der Waals surface area contributed by atoms with Gasteiger partial charge in [-0.2, -0.15) is 0 Å². The molecule has 0 aliphatic carbocycles. The SMILES string of the molecule is Cc1ccc(S(=O)(=O)n2ccc3c(-c4ccc(N5CCN(c6ccc(OCCN7CCN(C)C(=O)[C@H]7C)cn6)CC5)nc4)cn(C)c(=O)c32)cc1. The summed E-state index contributed by atoms with van der Waals surface area (Å²) in [5.74, 6) is 2.57. The summed E-state index contributed by atoms with van der Waals surface area (Å²) in [5.41, 5.74) is 2.14. The molecule has 6 heterocycles. The Labute approximate surface area is 297 Å². The summed E-state index contributed by atoms with van der Waals surface area (Å²) in [4.78, 5) is 43.5. The number of aryl methyl sites for hydroxylation is 2. The summed E-state index contributed by atoms with van der Waals surface area (Å²) >= 11 is 0. The predicted octanol–water partition coefficient (Wildman–Crippen LogP) is 3.21. The fraction of sp³-hybridized carbons (Fsp3) is 0.351. The van der Waals surface area contributed by atoms with Crippen LogP contribution in [0.3, 0.4) is 0 Å². The van der Waals surface area contributed by atoms with Gasteiger partial charge in [0, 0.05) is 95.0 Å². The first-order valence-corrected chi connectivity index (χ1v) is 18.5. The van der Waals surface area contributed by atoms with Crippen molar-refractivity contribution >= 4 is 38.5 Å². The molecule has 7 rings (SSSR count). The van der Waals surface area contributed by atoms with E-state index in [1.54, 1.807) is 60.9 Å². The number of hydrogen-bond acceptors (Lipinski definition) is 10. The van der Waals surface area contributed by atoms with Crippen molar-refractivity contribution in [2.75, 3.05) is 69.3 Å². The minimum Gasteiger partial charge on any atom is -0.491 e. The molecule has 2 aliphatic rings. The lowest BCUT2D eigenvalue weighted by Gasteiger charge is -2.37. The number of aromatic nitrogens is 4. The van der Waals surface area contributed by atoms with Crippen molar-refractivity contribution in [1.29, 1.82) is 0 Å². The summed E-state index contributed by atoms with van der Waals surface area (Å²) in [5, 5.41) is 0.544. The smallest absolute Gasteiger partial charge is 0.275 e. The number of carbonyl (C=O) groups excluding carboxylic acids is 1. The third-order valence-electron chi connectivity index (χ3n) is 9.92. The fourth-order valence-corrected chi connectivity index (χ4v) is 8.11. The van der Waals surface area contributed by atoms with Gasteiger partial charge in [0.2, 0.25) is 5.91 Å². The van der Waals surface area contributed by atoms with Crippen LogP contribution in [-0.4, -0.2) is 108 Å². The van der Waals surface area contributed by atoms with Gasteiger partial charge in [-0.15, -0.1) is 0 Å². The summed E-state index contributed by atoms with van der Waals surface area (Å²) in [6.07, 6.45) is 6.70. The molecule has 2 fully saturated rings. The molecule has 0 radical (unpaired) electrons. The first kappa shape index (κ1) is 34.2. The molecular formula is C37H42N8O5S. The molecule has 0 saturated carbocycles. The van der Waals surface area contributed by atoms with E-state index in [2.05, 4.69) is 19.7 Å². The highest BCUT2D eigenvalue weighted by molar-refractivity contribution is 7.90. The number of pyridine rings is 3. The van der Waals surface area contributed by atoms with E-state index >= 15 is 0 Å². The average molecular weight is 711 g/mol. The number of anilines is 2. The van der Waals surface area contributed by atoms with Crippen molar-refractivity contribution in [3.05, 3.63) is 95.3 Å². The number of amides is 1. The topological polar surface area (TPSA) is 126 Å². The molecule has 13 nitrogen and oxygen atoms in total. The van der Waals surface area contributed by atoms with Gasteiger partial charge in [-0.3, -0.25) is 14.5 Å². The van der Waals surface area contributed by atoms with Crippen LogP contribution in [0.15, 0.2) is 89.1 Å². The maximum atomic E-state index is 13.6. The van der Waals surface area contributed by atoms with Gasteiger partial charge in [0.1, 0.15) is 29.5 Å². The largest absolute Gasteiger partial charge is 0.491 e. The number of nitrogens with zero attached hydrogens (tertiary/aromatic N) is 8. The minimum absolute atomic E-state index is 0.0990. The number of fused-ring (bicyclic) bond motifs is 1. The molecular weight excluding hydrogens is 669 g/mol. The third-order valence-corrected chi connectivity index (χ3v) is 11.6. The standard InChI is InChI=1S/C37H42N8O5S/c1-26-5-9-30(10-6-26)51(48,49)45-14-13-31-32(25-41(4)37(47)35(31)45)28-7-11-33(38-23-28)43-17-19-44(20-18-43)34-12-8-29(24-39-34)50-22-21-42-16-15-40(3)36(46)27(42)2/h5-14,23-25,27H,15-22H2,1-4H3/t27-/m1/s1. The second-order valence-electron chi connectivity index (χ2n) is 13.2. The van der Waals surface area contributed by atoms with E-state index in [1.165, 1.54) is 10.8 Å². The van der Waals surface area contributed by atoms with Gasteiger partial charge in [-0.25, -0.2) is 22.4 Å². The molecule has 5 aromatic rings. The van der Waals surface area contributed by atoms with Gasteiger partial charge in [0.25, 0.3) is 15.6 Å². The Hall–Kier alpha value is -5.21. The Morgan fingerprint density at radius 1 is 0.824 bits per heavy atom. The van der Waals surface area contributed by atoms with Crippen LogP contribution in [0.4, 0.5) is 11.6 Å². The monoisotopic (exact) mass is 710 g/mol. The van der Waals surface area contributed by atoms with Gasteiger partial charge < -0.3 is 24.0 Å². The molecule has 266 valence electrons. The molecule has 0 N–H and O–H groups in total. The third kappa shape index (κ3) is 6.68. The number of likely N-dealkylation sites (N-methyl/N-ethyl adjacent to an activating group) is 1. The Balaban J connectivity index is 0.987. The molecule has 14 heteroatoms. The van der Waals surface area contributed by atoms with Gasteiger partial charge in [0.15, 0.2) is 0 Å². The summed E-state index contributed by atoms with van der Waals surface area (Å²) in [7, 11) is -0.518. The molecule has 0 bridgehead atoms. The number of rotatable bonds is 9. The second-order valence-corrected chi connectivity index (χ2v) is 15.0. The van der Waals surface area contributed by atoms with Crippen LogP contribution in [0.5, 0.6) is 5.75 Å². The summed E-state index contributed by atoms with van der Waals surface area (Å²) in [6.45, 7) is 9.64. The molecule has 51 heavy (non-hydrogen) atoms. The quantitative estimate of drug-likeness (QED) is 0.225. The van der Waals surface area contributed by atoms with E-state index < -0.39 is 15.6 Å². The Morgan fingerprint density at radius 3 is 2.12 bits per heavy atom. The lowest BCUT2D eigenvalue weighted by molar-refractivity contribution is -0.139. The maximum absolute atomic E-state index is 13.6. The van der Waals surface area contributed by atoms with Gasteiger partial charge in [-0.05, 0) is 56.3 Å². The van der Waals surface area contributed by atoms with Crippen LogP contribution in [-0.2, 0) is 21.9 Å². The molecule has 1 amide bonds. The van der Waals surface area contributed by atoms with Gasteiger partial charge in [-0.1, -0.05) is 17.7 Å². The van der Waals surface area contributed by atoms with Crippen molar-refractivity contribution in [2.45, 2.75) is 24.8 Å². The van der Waals surface area contributed by atoms with Crippen molar-refractivity contribution in [2.24, 2.45) is 7.05 Å². The lowest BCUT2D eigenvalue weighted by atomic mass is 10.1. The molecule has 1 aromatic carbocycles. The van der Waals surface area contributed by atoms with Crippen molar-refractivity contribution < 1.29 is 17.9 Å². The van der Waals surface area contributed by atoms with Crippen molar-refractivity contribution in [3.8, 4) is 16.9 Å². The number of carbonyl (C=O) groups is 1. The van der Waals surface area contributed by atoms with E-state index in [4.69, 9.17) is 9.72 Å². The number of hydrogen-bond donors (Lipinski definition) is 0. The van der Waals surface area contributed by atoms with Gasteiger partial charge in [0.05, 0.1) is 17.1 Å². The number of benzene rings is 1. The number of ether oxygens (including phenoxy) is 1. The second kappa shape index (κ2) is 13.8. The minimum atomic E-state index is -3.98. The Kier molecular flexibility index (Phi) is 9.29. The molecule has 4 aromatic heterocycles. The van der Waals surface area contributed by atoms with E-state index in [0.29, 0.717) is 24.3 Å². The van der Waals surface area contributed by atoms with E-state index in [-0.39, 0.29) is 22.4 Å². The van der Waals surface area contributed by atoms with Gasteiger partial charge >= 0.3 is 0 Å². The Morgan fingerprint density at radius 2 is 1.49 bits per heavy atom. The molecule has 2 aliphatic heterocycles. The highest BCUT2D eigenvalue weighted by atomic mass is 32.2. The first-order chi connectivity index (χ1) is 24.5. The van der Waals surface area contributed by atoms with Crippen LogP contribution in [0, 0.1) is 6.92 Å². The van der Waals surface area contributed by atoms with E-state index in [1.807, 2.05) is 45.2 Å². The zero-order chi connectivity index (χ0) is 35.9. The van der Waals surface area contributed by atoms with Crippen LogP contribution in [0.25, 0.3) is 22.0 Å². The Bertz CT molecular complexity index is 2210. The predicted molar refractivity (Wildman–Crippen MR) is 197 cm³/mol. The van der Waals surface area contributed by atoms with E-state index in [9.17, 15) is 18.0 Å². The average Bonchev–Trinajstić information content (AvgIpc) is 3.61. The normalized spacial score (nSPS) is 17.4. The maximum Gasteiger partial charge on any atom is 0.275 e. The van der Waals surface area contributed by atoms with Crippen LogP contribution >= 0.6 is 0 Å². The van der Waals surface area contributed by atoms with E-state index in [0.717, 1.165) is 71.6 Å². The fourth-order valence-electron chi connectivity index (χ4n) is 6.77. The van der Waals surface area contributed by atoms with Crippen LogP contribution < -0.4 is 20.1 Å². The number of piperazine rings is 2. The highest BCUT2D eigenvalue weighted by Gasteiger charge is 2.29. The zero-order valence-corrected chi connectivity index (χ0v) is 30.1. The van der Waals surface area contributed by atoms with Crippen LogP contribution in [0.2, 0.25) is 0 Å². The van der Waals surface area contributed by atoms with Crippen molar-refractivity contribution in [3.63, 3.8) is 0 Å². The summed E-state index contributed by atoms with van der Waals surface area (Å²) in [6, 6.07) is 16.0. The zero-order valence-electron chi connectivity index (χ0n) is 29.3. The molecule has 0 unspecified atom stereocenters. The summed E-state index contributed by atoms with van der Waals surface area (Å²) < 4.78 is 35.6. The molecule has 0 spiro atoms. The molecule has 2 saturated heterocycles. The highest BCUT2D eigenvalue weighted by Crippen LogP contribution is 2.30. The molecule has 1 atom stereocenters. The van der Waals surface area contributed by atoms with Crippen LogP contribution in [0.1, 0.15) is 12.5 Å². The van der Waals surface area contributed by atoms with Crippen molar-refractivity contribution in [1.82, 2.24) is 28.3 Å². The first-order valence-electron chi connectivity index (χ1n) is 17.1. The lowest BCUT2D eigenvalue weighted by Crippen LogP contribution is -2.55.